The van der Waals surface area contributed by atoms with Crippen molar-refractivity contribution in [3.05, 3.63) is 54.0 Å². The van der Waals surface area contributed by atoms with Gasteiger partial charge in [0.15, 0.2) is 0 Å². The van der Waals surface area contributed by atoms with Gasteiger partial charge >= 0.3 is 0 Å². The minimum Gasteiger partial charge on any atom is -0.391 e. The number of nitrogens with zero attached hydrogens (tertiary/aromatic N) is 2. The van der Waals surface area contributed by atoms with Gasteiger partial charge in [0.2, 0.25) is 0 Å². The predicted octanol–water partition coefficient (Wildman–Crippen LogP) is 2.25. The summed E-state index contributed by atoms with van der Waals surface area (Å²) in [7, 11) is 0. The van der Waals surface area contributed by atoms with E-state index in [2.05, 4.69) is 27.4 Å². The van der Waals surface area contributed by atoms with Gasteiger partial charge < -0.3 is 10.4 Å². The van der Waals surface area contributed by atoms with Gasteiger partial charge in [0.1, 0.15) is 11.6 Å². The van der Waals surface area contributed by atoms with Crippen molar-refractivity contribution in [1.82, 2.24) is 9.97 Å². The number of aliphatic hydroxyl groups excluding tert-OH is 1. The van der Waals surface area contributed by atoms with Gasteiger partial charge in [-0.25, -0.2) is 9.97 Å². The van der Waals surface area contributed by atoms with Gasteiger partial charge in [-0.3, -0.25) is 0 Å². The molecule has 0 radical (unpaired) electrons. The molecule has 1 saturated carbocycles. The minimum absolute atomic E-state index is 0.262. The molecule has 0 spiro atoms. The van der Waals surface area contributed by atoms with Gasteiger partial charge in [-0.05, 0) is 30.4 Å². The highest BCUT2D eigenvalue weighted by molar-refractivity contribution is 5.34. The zero-order valence-corrected chi connectivity index (χ0v) is 11.4. The van der Waals surface area contributed by atoms with Crippen LogP contribution in [0, 0.1) is 5.92 Å². The highest BCUT2D eigenvalue weighted by atomic mass is 16.3. The zero-order valence-electron chi connectivity index (χ0n) is 11.4. The van der Waals surface area contributed by atoms with Crippen LogP contribution in [-0.2, 0) is 6.42 Å². The van der Waals surface area contributed by atoms with Crippen LogP contribution >= 0.6 is 0 Å². The summed E-state index contributed by atoms with van der Waals surface area (Å²) in [5, 5.41) is 13.0. The van der Waals surface area contributed by atoms with E-state index in [1.807, 2.05) is 24.3 Å². The lowest BCUT2D eigenvalue weighted by molar-refractivity contribution is 0.164. The number of hydrogen-bond acceptors (Lipinski definition) is 4. The average Bonchev–Trinajstić information content (AvgIpc) is 3.31. The third kappa shape index (κ3) is 3.54. The average molecular weight is 269 g/mol. The molecule has 1 aromatic carbocycles. The maximum absolute atomic E-state index is 9.85. The Morgan fingerprint density at radius 1 is 1.20 bits per heavy atom. The Bertz CT molecular complexity index is 555. The molecule has 0 aliphatic heterocycles. The summed E-state index contributed by atoms with van der Waals surface area (Å²) >= 11 is 0. The first kappa shape index (κ1) is 13.1. The molecule has 1 atom stereocenters. The number of nitrogens with one attached hydrogen (secondary N) is 1. The second kappa shape index (κ2) is 6.01. The van der Waals surface area contributed by atoms with Crippen LogP contribution in [-0.4, -0.2) is 27.7 Å². The molecule has 1 unspecified atom stereocenters. The molecule has 1 heterocycles. The van der Waals surface area contributed by atoms with Crippen LogP contribution in [0.1, 0.15) is 24.2 Å². The number of aliphatic hydroxyl groups is 1. The number of benzene rings is 1. The number of rotatable bonds is 6. The molecular weight excluding hydrogens is 250 g/mol. The van der Waals surface area contributed by atoms with Crippen LogP contribution in [0.4, 0.5) is 5.82 Å². The predicted molar refractivity (Wildman–Crippen MR) is 78.5 cm³/mol. The summed E-state index contributed by atoms with van der Waals surface area (Å²) < 4.78 is 0. The van der Waals surface area contributed by atoms with Crippen LogP contribution < -0.4 is 5.32 Å². The summed E-state index contributed by atoms with van der Waals surface area (Å²) in [6.07, 6.45) is 4.51. The van der Waals surface area contributed by atoms with Crippen molar-refractivity contribution in [2.75, 3.05) is 11.9 Å². The van der Waals surface area contributed by atoms with Crippen molar-refractivity contribution < 1.29 is 5.11 Å². The van der Waals surface area contributed by atoms with Gasteiger partial charge in [0, 0.05) is 19.2 Å². The molecule has 2 N–H and O–H groups in total. The standard InChI is InChI=1S/C16H19N3O/c20-14(13-6-7-13)11-18-15-8-9-17-16(19-15)10-12-4-2-1-3-5-12/h1-5,8-9,13-14,20H,6-7,10-11H2,(H,17,18,19). The Hall–Kier alpha value is -1.94. The molecule has 4 heteroatoms. The zero-order chi connectivity index (χ0) is 13.8. The molecule has 20 heavy (non-hydrogen) atoms. The maximum Gasteiger partial charge on any atom is 0.135 e. The first-order valence-electron chi connectivity index (χ1n) is 7.09. The van der Waals surface area contributed by atoms with E-state index in [0.717, 1.165) is 30.9 Å². The van der Waals surface area contributed by atoms with Crippen LogP contribution in [0.15, 0.2) is 42.6 Å². The molecule has 1 aliphatic rings. The fraction of sp³-hybridized carbons (Fsp3) is 0.375. The summed E-state index contributed by atoms with van der Waals surface area (Å²) in [5.41, 5.74) is 1.20. The Morgan fingerprint density at radius 2 is 2.00 bits per heavy atom. The van der Waals surface area contributed by atoms with Gasteiger partial charge in [0.05, 0.1) is 6.10 Å². The number of hydrogen-bond donors (Lipinski definition) is 2. The highest BCUT2D eigenvalue weighted by Crippen LogP contribution is 2.32. The minimum atomic E-state index is -0.262. The molecule has 0 saturated heterocycles. The summed E-state index contributed by atoms with van der Waals surface area (Å²) in [5.74, 6) is 2.06. The van der Waals surface area contributed by atoms with Gasteiger partial charge in [-0.1, -0.05) is 30.3 Å². The van der Waals surface area contributed by atoms with Crippen LogP contribution in [0.25, 0.3) is 0 Å². The normalized spacial score (nSPS) is 15.8. The largest absolute Gasteiger partial charge is 0.391 e. The molecule has 2 aromatic rings. The van der Waals surface area contributed by atoms with Crippen molar-refractivity contribution in [1.29, 1.82) is 0 Å². The van der Waals surface area contributed by atoms with E-state index >= 15 is 0 Å². The highest BCUT2D eigenvalue weighted by Gasteiger charge is 2.29. The van der Waals surface area contributed by atoms with Gasteiger partial charge in [0.25, 0.3) is 0 Å². The Morgan fingerprint density at radius 3 is 2.75 bits per heavy atom. The quantitative estimate of drug-likeness (QED) is 0.844. The van der Waals surface area contributed by atoms with E-state index in [9.17, 15) is 5.11 Å². The van der Waals surface area contributed by atoms with E-state index in [1.165, 1.54) is 5.56 Å². The number of anilines is 1. The van der Waals surface area contributed by atoms with Gasteiger partial charge in [-0.15, -0.1) is 0 Å². The lowest BCUT2D eigenvalue weighted by atomic mass is 10.1. The Kier molecular flexibility index (Phi) is 3.92. The molecule has 1 fully saturated rings. The van der Waals surface area contributed by atoms with Crippen molar-refractivity contribution in [2.45, 2.75) is 25.4 Å². The smallest absolute Gasteiger partial charge is 0.135 e. The maximum atomic E-state index is 9.85. The van der Waals surface area contributed by atoms with Crippen molar-refractivity contribution in [3.63, 3.8) is 0 Å². The molecule has 1 aliphatic carbocycles. The van der Waals surface area contributed by atoms with Gasteiger partial charge in [-0.2, -0.15) is 0 Å². The summed E-state index contributed by atoms with van der Waals surface area (Å²) in [6, 6.07) is 12.0. The molecule has 3 rings (SSSR count). The summed E-state index contributed by atoms with van der Waals surface area (Å²) in [6.45, 7) is 0.562. The molecular formula is C16H19N3O. The van der Waals surface area contributed by atoms with E-state index in [4.69, 9.17) is 0 Å². The lowest BCUT2D eigenvalue weighted by Gasteiger charge is -2.11. The fourth-order valence-electron chi connectivity index (χ4n) is 2.22. The monoisotopic (exact) mass is 269 g/mol. The third-order valence-corrected chi connectivity index (χ3v) is 3.57. The fourth-order valence-corrected chi connectivity index (χ4v) is 2.22. The SMILES string of the molecule is OC(CNc1ccnc(Cc2ccccc2)n1)C1CC1. The van der Waals surface area contributed by atoms with E-state index in [0.29, 0.717) is 12.5 Å². The van der Waals surface area contributed by atoms with Crippen LogP contribution in [0.3, 0.4) is 0 Å². The third-order valence-electron chi connectivity index (χ3n) is 3.57. The van der Waals surface area contributed by atoms with Crippen molar-refractivity contribution >= 4 is 5.82 Å². The van der Waals surface area contributed by atoms with Crippen LogP contribution in [0.2, 0.25) is 0 Å². The topological polar surface area (TPSA) is 58.0 Å². The molecule has 4 nitrogen and oxygen atoms in total. The van der Waals surface area contributed by atoms with E-state index < -0.39 is 0 Å². The Balaban J connectivity index is 1.60. The molecule has 1 aromatic heterocycles. The summed E-state index contributed by atoms with van der Waals surface area (Å²) in [4.78, 5) is 8.78. The molecule has 0 bridgehead atoms. The molecule has 104 valence electrons. The second-order valence-corrected chi connectivity index (χ2v) is 5.31. The van der Waals surface area contributed by atoms with E-state index in [-0.39, 0.29) is 6.10 Å². The molecule has 0 amide bonds. The van der Waals surface area contributed by atoms with E-state index in [1.54, 1.807) is 6.20 Å². The van der Waals surface area contributed by atoms with Crippen molar-refractivity contribution in [3.8, 4) is 0 Å². The first-order chi connectivity index (χ1) is 9.81. The Labute approximate surface area is 118 Å². The van der Waals surface area contributed by atoms with Crippen molar-refractivity contribution in [2.24, 2.45) is 5.92 Å². The lowest BCUT2D eigenvalue weighted by Crippen LogP contribution is -2.22. The second-order valence-electron chi connectivity index (χ2n) is 5.31. The number of aromatic nitrogens is 2. The first-order valence-corrected chi connectivity index (χ1v) is 7.09. The van der Waals surface area contributed by atoms with Crippen LogP contribution in [0.5, 0.6) is 0 Å².